The monoisotopic (exact) mass is 312 g/mol. The van der Waals surface area contributed by atoms with Gasteiger partial charge in [0, 0.05) is 0 Å². The molecule has 0 bridgehead atoms. The van der Waals surface area contributed by atoms with E-state index in [9.17, 15) is 4.79 Å². The minimum Gasteiger partial charge on any atom is -0.493 e. The first kappa shape index (κ1) is 16.6. The summed E-state index contributed by atoms with van der Waals surface area (Å²) >= 11 is 0. The second-order valence-electron chi connectivity index (χ2n) is 4.87. The average Bonchev–Trinajstić information content (AvgIpc) is 2.60. The van der Waals surface area contributed by atoms with Gasteiger partial charge in [-0.3, -0.25) is 4.79 Å². The van der Waals surface area contributed by atoms with Crippen molar-refractivity contribution in [2.45, 2.75) is 13.0 Å². The summed E-state index contributed by atoms with van der Waals surface area (Å²) in [5.41, 5.74) is 1.91. The molecule has 23 heavy (non-hydrogen) atoms. The molecule has 4 heteroatoms. The molecule has 0 unspecified atom stereocenters. The Balaban J connectivity index is 1.83. The van der Waals surface area contributed by atoms with Crippen molar-refractivity contribution in [1.82, 2.24) is 0 Å². The van der Waals surface area contributed by atoms with Gasteiger partial charge in [-0.05, 0) is 23.3 Å². The van der Waals surface area contributed by atoms with Crippen molar-refractivity contribution in [2.24, 2.45) is 0 Å². The van der Waals surface area contributed by atoms with Crippen LogP contribution in [0.15, 0.2) is 54.6 Å². The van der Waals surface area contributed by atoms with Crippen LogP contribution in [-0.2, 0) is 16.1 Å². The maximum Gasteiger partial charge on any atom is 0.309 e. The smallest absolute Gasteiger partial charge is 0.309 e. The van der Waals surface area contributed by atoms with Crippen LogP contribution < -0.4 is 9.47 Å². The Kier molecular flexibility index (Phi) is 6.24. The zero-order valence-corrected chi connectivity index (χ0v) is 13.3. The molecular weight excluding hydrogens is 292 g/mol. The third kappa shape index (κ3) is 5.18. The van der Waals surface area contributed by atoms with E-state index in [0.717, 1.165) is 11.1 Å². The molecule has 4 nitrogen and oxygen atoms in total. The molecule has 0 aliphatic rings. The molecule has 0 spiro atoms. The van der Waals surface area contributed by atoms with Crippen molar-refractivity contribution in [3.8, 4) is 11.5 Å². The summed E-state index contributed by atoms with van der Waals surface area (Å²) in [6, 6.07) is 15.2. The van der Waals surface area contributed by atoms with Gasteiger partial charge in [0.2, 0.25) is 0 Å². The van der Waals surface area contributed by atoms with Gasteiger partial charge in [-0.2, -0.15) is 0 Å². The Morgan fingerprint density at radius 1 is 1.00 bits per heavy atom. The number of methoxy groups -OCH3 is 2. The molecule has 0 radical (unpaired) electrons. The van der Waals surface area contributed by atoms with Gasteiger partial charge in [0.25, 0.3) is 0 Å². The lowest BCUT2D eigenvalue weighted by molar-refractivity contribution is -0.143. The zero-order valence-electron chi connectivity index (χ0n) is 13.3. The van der Waals surface area contributed by atoms with Crippen LogP contribution in [0.2, 0.25) is 0 Å². The van der Waals surface area contributed by atoms with Gasteiger partial charge in [-0.15, -0.1) is 0 Å². The Morgan fingerprint density at radius 3 is 2.43 bits per heavy atom. The summed E-state index contributed by atoms with van der Waals surface area (Å²) in [4.78, 5) is 11.8. The van der Waals surface area contributed by atoms with E-state index in [1.165, 1.54) is 0 Å². The number of rotatable bonds is 7. The van der Waals surface area contributed by atoms with E-state index in [-0.39, 0.29) is 19.0 Å². The standard InChI is InChI=1S/C19H20O4/c1-21-17-12-11-16(13-18(17)22-2)14-23-19(20)10-6-9-15-7-4-3-5-8-15/h3-9,11-13H,10,14H2,1-2H3/b9-6+. The molecule has 2 aromatic rings. The first-order valence-corrected chi connectivity index (χ1v) is 7.31. The summed E-state index contributed by atoms with van der Waals surface area (Å²) in [5, 5.41) is 0. The van der Waals surface area contributed by atoms with Crippen molar-refractivity contribution < 1.29 is 19.0 Å². The fourth-order valence-electron chi connectivity index (χ4n) is 2.05. The van der Waals surface area contributed by atoms with Crippen LogP contribution in [-0.4, -0.2) is 20.2 Å². The van der Waals surface area contributed by atoms with E-state index in [0.29, 0.717) is 11.5 Å². The largest absolute Gasteiger partial charge is 0.493 e. The number of benzene rings is 2. The molecule has 0 saturated heterocycles. The molecule has 2 rings (SSSR count). The van der Waals surface area contributed by atoms with Crippen LogP contribution in [0.3, 0.4) is 0 Å². The molecule has 0 N–H and O–H groups in total. The van der Waals surface area contributed by atoms with Gasteiger partial charge in [-0.1, -0.05) is 48.6 Å². The second-order valence-corrected chi connectivity index (χ2v) is 4.87. The Labute approximate surface area is 136 Å². The summed E-state index contributed by atoms with van der Waals surface area (Å²) < 4.78 is 15.6. The SMILES string of the molecule is COc1ccc(COC(=O)C/C=C/c2ccccc2)cc1OC. The number of hydrogen-bond donors (Lipinski definition) is 0. The first-order valence-electron chi connectivity index (χ1n) is 7.31. The molecular formula is C19H20O4. The lowest BCUT2D eigenvalue weighted by Gasteiger charge is -2.09. The molecule has 0 atom stereocenters. The second kappa shape index (κ2) is 8.63. The minimum absolute atomic E-state index is 0.207. The predicted octanol–water partition coefficient (Wildman–Crippen LogP) is 3.85. The van der Waals surface area contributed by atoms with Crippen LogP contribution >= 0.6 is 0 Å². The lowest BCUT2D eigenvalue weighted by atomic mass is 10.2. The Bertz CT molecular complexity index is 662. The van der Waals surface area contributed by atoms with Crippen molar-refractivity contribution in [3.05, 3.63) is 65.7 Å². The fourth-order valence-corrected chi connectivity index (χ4v) is 2.05. The normalized spacial score (nSPS) is 10.5. The van der Waals surface area contributed by atoms with E-state index < -0.39 is 0 Å². The Hall–Kier alpha value is -2.75. The van der Waals surface area contributed by atoms with Crippen LogP contribution in [0.5, 0.6) is 11.5 Å². The predicted molar refractivity (Wildman–Crippen MR) is 89.4 cm³/mol. The summed E-state index contributed by atoms with van der Waals surface area (Å²) in [5.74, 6) is 0.991. The van der Waals surface area contributed by atoms with Gasteiger partial charge in [0.15, 0.2) is 11.5 Å². The highest BCUT2D eigenvalue weighted by Crippen LogP contribution is 2.27. The summed E-state index contributed by atoms with van der Waals surface area (Å²) in [6.45, 7) is 0.207. The van der Waals surface area contributed by atoms with Gasteiger partial charge in [0.1, 0.15) is 6.61 Å². The molecule has 120 valence electrons. The number of esters is 1. The molecule has 0 heterocycles. The fraction of sp³-hybridized carbons (Fsp3) is 0.211. The van der Waals surface area contributed by atoms with Crippen LogP contribution in [0.25, 0.3) is 6.08 Å². The molecule has 0 aliphatic carbocycles. The van der Waals surface area contributed by atoms with Gasteiger partial charge in [-0.25, -0.2) is 0 Å². The van der Waals surface area contributed by atoms with Gasteiger partial charge < -0.3 is 14.2 Å². The van der Waals surface area contributed by atoms with Crippen molar-refractivity contribution in [3.63, 3.8) is 0 Å². The number of carbonyl (C=O) groups is 1. The van der Waals surface area contributed by atoms with Crippen molar-refractivity contribution >= 4 is 12.0 Å². The highest BCUT2D eigenvalue weighted by molar-refractivity contribution is 5.72. The third-order valence-corrected chi connectivity index (χ3v) is 3.24. The van der Waals surface area contributed by atoms with E-state index in [1.54, 1.807) is 32.4 Å². The average molecular weight is 312 g/mol. The van der Waals surface area contributed by atoms with Crippen LogP contribution in [0.4, 0.5) is 0 Å². The summed E-state index contributed by atoms with van der Waals surface area (Å²) in [6.07, 6.45) is 3.94. The van der Waals surface area contributed by atoms with Crippen LogP contribution in [0, 0.1) is 0 Å². The van der Waals surface area contributed by atoms with Crippen molar-refractivity contribution in [1.29, 1.82) is 0 Å². The topological polar surface area (TPSA) is 44.8 Å². The number of carbonyl (C=O) groups excluding carboxylic acids is 1. The molecule has 2 aromatic carbocycles. The third-order valence-electron chi connectivity index (χ3n) is 3.24. The lowest BCUT2D eigenvalue weighted by Crippen LogP contribution is -2.03. The maximum absolute atomic E-state index is 11.8. The molecule has 0 saturated carbocycles. The van der Waals surface area contributed by atoms with E-state index in [4.69, 9.17) is 14.2 Å². The van der Waals surface area contributed by atoms with Gasteiger partial charge >= 0.3 is 5.97 Å². The molecule has 0 aliphatic heterocycles. The van der Waals surface area contributed by atoms with E-state index >= 15 is 0 Å². The highest BCUT2D eigenvalue weighted by atomic mass is 16.5. The van der Waals surface area contributed by atoms with E-state index in [2.05, 4.69) is 0 Å². The van der Waals surface area contributed by atoms with Crippen LogP contribution in [0.1, 0.15) is 17.5 Å². The molecule has 0 fully saturated rings. The quantitative estimate of drug-likeness (QED) is 0.728. The zero-order chi connectivity index (χ0) is 16.5. The first-order chi connectivity index (χ1) is 11.2. The molecule has 0 aromatic heterocycles. The minimum atomic E-state index is -0.271. The summed E-state index contributed by atoms with van der Waals surface area (Å²) in [7, 11) is 3.15. The highest BCUT2D eigenvalue weighted by Gasteiger charge is 2.06. The van der Waals surface area contributed by atoms with Crippen molar-refractivity contribution in [2.75, 3.05) is 14.2 Å². The maximum atomic E-state index is 11.8. The Morgan fingerprint density at radius 2 is 1.74 bits per heavy atom. The van der Waals surface area contributed by atoms with E-state index in [1.807, 2.05) is 42.5 Å². The number of hydrogen-bond acceptors (Lipinski definition) is 4. The van der Waals surface area contributed by atoms with Gasteiger partial charge in [0.05, 0.1) is 20.6 Å². The number of ether oxygens (including phenoxy) is 3. The molecule has 0 amide bonds.